The van der Waals surface area contributed by atoms with E-state index < -0.39 is 0 Å². The van der Waals surface area contributed by atoms with Crippen LogP contribution in [0.4, 0.5) is 5.69 Å². The molecule has 102 valence electrons. The lowest BCUT2D eigenvalue weighted by Gasteiger charge is -2.16. The van der Waals surface area contributed by atoms with E-state index in [1.807, 2.05) is 48.5 Å². The summed E-state index contributed by atoms with van der Waals surface area (Å²) in [6, 6.07) is 16.1. The van der Waals surface area contributed by atoms with Crippen molar-refractivity contribution in [1.29, 1.82) is 0 Å². The second-order valence-corrected chi connectivity index (χ2v) is 5.70. The van der Waals surface area contributed by atoms with Gasteiger partial charge in [-0.2, -0.15) is 0 Å². The first kappa shape index (κ1) is 12.9. The molecule has 1 aliphatic carbocycles. The minimum Gasteiger partial charge on any atom is -0.325 e. The molecule has 2 aromatic carbocycles. The highest BCUT2D eigenvalue weighted by Crippen LogP contribution is 2.48. The van der Waals surface area contributed by atoms with Gasteiger partial charge in [0.2, 0.25) is 5.91 Å². The van der Waals surface area contributed by atoms with Crippen molar-refractivity contribution in [2.24, 2.45) is 0 Å². The number of hydrogen-bond donors (Lipinski definition) is 1. The smallest absolute Gasteiger partial charge is 0.235 e. The summed E-state index contributed by atoms with van der Waals surface area (Å²) < 4.78 is 0. The number of rotatable bonds is 3. The molecule has 0 unspecified atom stereocenters. The van der Waals surface area contributed by atoms with Crippen LogP contribution in [-0.4, -0.2) is 5.91 Å². The number of aryl methyl sites for hydroxylation is 2. The molecule has 3 rings (SSSR count). The van der Waals surface area contributed by atoms with Crippen LogP contribution in [0.2, 0.25) is 0 Å². The zero-order valence-electron chi connectivity index (χ0n) is 11.9. The first-order chi connectivity index (χ1) is 9.62. The molecule has 0 spiro atoms. The summed E-state index contributed by atoms with van der Waals surface area (Å²) in [5.41, 5.74) is 4.15. The summed E-state index contributed by atoms with van der Waals surface area (Å²) >= 11 is 0. The van der Waals surface area contributed by atoms with Crippen LogP contribution >= 0.6 is 0 Å². The highest BCUT2D eigenvalue weighted by atomic mass is 16.2. The molecule has 1 N–H and O–H groups in total. The van der Waals surface area contributed by atoms with E-state index >= 15 is 0 Å². The summed E-state index contributed by atoms with van der Waals surface area (Å²) in [4.78, 5) is 12.6. The lowest BCUT2D eigenvalue weighted by atomic mass is 9.95. The third-order valence-corrected chi connectivity index (χ3v) is 4.28. The van der Waals surface area contributed by atoms with Crippen molar-refractivity contribution >= 4 is 11.6 Å². The second kappa shape index (κ2) is 4.78. The highest BCUT2D eigenvalue weighted by molar-refractivity contribution is 6.01. The van der Waals surface area contributed by atoms with E-state index in [0.29, 0.717) is 0 Å². The van der Waals surface area contributed by atoms with Gasteiger partial charge in [-0.05, 0) is 55.5 Å². The van der Waals surface area contributed by atoms with Gasteiger partial charge in [0.1, 0.15) is 0 Å². The number of carbonyl (C=O) groups is 1. The molecule has 1 saturated carbocycles. The SMILES string of the molecule is Cc1ccc(NC(=O)C2(c3ccccc3)CC2)cc1C. The zero-order valence-corrected chi connectivity index (χ0v) is 11.9. The molecule has 0 heterocycles. The Labute approximate surface area is 119 Å². The maximum absolute atomic E-state index is 12.6. The molecule has 0 aromatic heterocycles. The van der Waals surface area contributed by atoms with Gasteiger partial charge in [0, 0.05) is 5.69 Å². The van der Waals surface area contributed by atoms with E-state index in [9.17, 15) is 4.79 Å². The standard InChI is InChI=1S/C18H19NO/c1-13-8-9-16(12-14(13)2)19-17(20)18(10-11-18)15-6-4-3-5-7-15/h3-9,12H,10-11H2,1-2H3,(H,19,20). The van der Waals surface area contributed by atoms with Gasteiger partial charge in [-0.1, -0.05) is 36.4 Å². The largest absolute Gasteiger partial charge is 0.325 e. The van der Waals surface area contributed by atoms with Crippen molar-refractivity contribution in [2.75, 3.05) is 5.32 Å². The van der Waals surface area contributed by atoms with Crippen LogP contribution in [0.5, 0.6) is 0 Å². The quantitative estimate of drug-likeness (QED) is 0.893. The lowest BCUT2D eigenvalue weighted by Crippen LogP contribution is -2.27. The summed E-state index contributed by atoms with van der Waals surface area (Å²) in [6.07, 6.45) is 1.88. The van der Waals surface area contributed by atoms with Gasteiger partial charge in [0.25, 0.3) is 0 Å². The third kappa shape index (κ3) is 2.22. The summed E-state index contributed by atoms with van der Waals surface area (Å²) in [5.74, 6) is 0.118. The van der Waals surface area contributed by atoms with Gasteiger partial charge in [-0.15, -0.1) is 0 Å². The van der Waals surface area contributed by atoms with Crippen LogP contribution in [0.3, 0.4) is 0 Å². The van der Waals surface area contributed by atoms with Gasteiger partial charge in [-0.25, -0.2) is 0 Å². The average molecular weight is 265 g/mol. The molecule has 1 aliphatic rings. The van der Waals surface area contributed by atoms with E-state index in [1.165, 1.54) is 11.1 Å². The first-order valence-electron chi connectivity index (χ1n) is 7.06. The van der Waals surface area contributed by atoms with Crippen molar-refractivity contribution in [1.82, 2.24) is 0 Å². The van der Waals surface area contributed by atoms with Gasteiger partial charge in [0.15, 0.2) is 0 Å². The number of hydrogen-bond acceptors (Lipinski definition) is 1. The normalized spacial score (nSPS) is 15.7. The number of carbonyl (C=O) groups excluding carboxylic acids is 1. The summed E-state index contributed by atoms with van der Waals surface area (Å²) in [7, 11) is 0. The van der Waals surface area contributed by atoms with Crippen LogP contribution < -0.4 is 5.32 Å². The Hall–Kier alpha value is -2.09. The Morgan fingerprint density at radius 1 is 1.00 bits per heavy atom. The molecule has 2 nitrogen and oxygen atoms in total. The van der Waals surface area contributed by atoms with Crippen LogP contribution in [0.25, 0.3) is 0 Å². The van der Waals surface area contributed by atoms with E-state index in [0.717, 1.165) is 24.1 Å². The lowest BCUT2D eigenvalue weighted by molar-refractivity contribution is -0.118. The van der Waals surface area contributed by atoms with Gasteiger partial charge in [-0.3, -0.25) is 4.79 Å². The molecule has 1 amide bonds. The number of amides is 1. The molecule has 20 heavy (non-hydrogen) atoms. The van der Waals surface area contributed by atoms with Crippen LogP contribution in [0, 0.1) is 13.8 Å². The Kier molecular flexibility index (Phi) is 3.09. The van der Waals surface area contributed by atoms with Crippen LogP contribution in [0.15, 0.2) is 48.5 Å². The predicted molar refractivity (Wildman–Crippen MR) is 81.9 cm³/mol. The van der Waals surface area contributed by atoms with Crippen LogP contribution in [-0.2, 0) is 10.2 Å². The fourth-order valence-electron chi connectivity index (χ4n) is 2.60. The minimum absolute atomic E-state index is 0.118. The molecule has 1 fully saturated rings. The molecular weight excluding hydrogens is 246 g/mol. The third-order valence-electron chi connectivity index (χ3n) is 4.28. The van der Waals surface area contributed by atoms with Gasteiger partial charge in [0.05, 0.1) is 5.41 Å². The Bertz CT molecular complexity index is 642. The van der Waals surface area contributed by atoms with E-state index in [2.05, 4.69) is 19.2 Å². The van der Waals surface area contributed by atoms with Crippen molar-refractivity contribution in [3.8, 4) is 0 Å². The maximum atomic E-state index is 12.6. The molecule has 0 saturated heterocycles. The molecule has 2 aromatic rings. The molecular formula is C18H19NO. The Morgan fingerprint density at radius 2 is 1.70 bits per heavy atom. The summed E-state index contributed by atoms with van der Waals surface area (Å²) in [6.45, 7) is 4.14. The molecule has 0 radical (unpaired) electrons. The molecule has 0 aliphatic heterocycles. The van der Waals surface area contributed by atoms with Crippen molar-refractivity contribution in [2.45, 2.75) is 32.1 Å². The topological polar surface area (TPSA) is 29.1 Å². The maximum Gasteiger partial charge on any atom is 0.235 e. The molecule has 0 bridgehead atoms. The fraction of sp³-hybridized carbons (Fsp3) is 0.278. The van der Waals surface area contributed by atoms with E-state index in [1.54, 1.807) is 0 Å². The minimum atomic E-state index is -0.306. The predicted octanol–water partition coefficient (Wildman–Crippen LogP) is 3.97. The van der Waals surface area contributed by atoms with Crippen molar-refractivity contribution in [3.63, 3.8) is 0 Å². The molecule has 0 atom stereocenters. The Morgan fingerprint density at radius 3 is 2.30 bits per heavy atom. The molecule has 2 heteroatoms. The van der Waals surface area contributed by atoms with Crippen molar-refractivity contribution in [3.05, 3.63) is 65.2 Å². The van der Waals surface area contributed by atoms with Gasteiger partial charge >= 0.3 is 0 Å². The first-order valence-corrected chi connectivity index (χ1v) is 7.06. The zero-order chi connectivity index (χ0) is 14.2. The number of nitrogens with one attached hydrogen (secondary N) is 1. The second-order valence-electron chi connectivity index (χ2n) is 5.70. The van der Waals surface area contributed by atoms with Crippen molar-refractivity contribution < 1.29 is 4.79 Å². The summed E-state index contributed by atoms with van der Waals surface area (Å²) in [5, 5.41) is 3.07. The average Bonchev–Trinajstić information content (AvgIpc) is 3.26. The van der Waals surface area contributed by atoms with Crippen LogP contribution in [0.1, 0.15) is 29.5 Å². The van der Waals surface area contributed by atoms with E-state index in [4.69, 9.17) is 0 Å². The van der Waals surface area contributed by atoms with Gasteiger partial charge < -0.3 is 5.32 Å². The fourth-order valence-corrected chi connectivity index (χ4v) is 2.60. The Balaban J connectivity index is 1.81. The van der Waals surface area contributed by atoms with E-state index in [-0.39, 0.29) is 11.3 Å². The monoisotopic (exact) mass is 265 g/mol. The highest BCUT2D eigenvalue weighted by Gasteiger charge is 2.51. The number of anilines is 1. The number of benzene rings is 2.